The number of aliphatic imine (C=N–C) groups is 1. The van der Waals surface area contributed by atoms with Crippen molar-refractivity contribution < 1.29 is 14.6 Å². The molecule has 0 aromatic carbocycles. The summed E-state index contributed by atoms with van der Waals surface area (Å²) in [5.41, 5.74) is -0.592. The number of ether oxygens (including phenoxy) is 2. The third-order valence-corrected chi connectivity index (χ3v) is 3.60. The van der Waals surface area contributed by atoms with Gasteiger partial charge in [0.25, 0.3) is 0 Å². The van der Waals surface area contributed by atoms with Crippen LogP contribution in [0.2, 0.25) is 0 Å². The van der Waals surface area contributed by atoms with Gasteiger partial charge in [-0.3, -0.25) is 4.99 Å². The van der Waals surface area contributed by atoms with Crippen molar-refractivity contribution in [2.24, 2.45) is 4.99 Å². The third kappa shape index (κ3) is 9.81. The molecule has 0 bridgehead atoms. The van der Waals surface area contributed by atoms with Gasteiger partial charge >= 0.3 is 0 Å². The van der Waals surface area contributed by atoms with Crippen molar-refractivity contribution in [3.05, 3.63) is 0 Å². The van der Waals surface area contributed by atoms with Crippen molar-refractivity contribution in [3.8, 4) is 0 Å². The van der Waals surface area contributed by atoms with E-state index in [4.69, 9.17) is 9.47 Å². The first-order valence-corrected chi connectivity index (χ1v) is 8.01. The number of guanidine groups is 1. The van der Waals surface area contributed by atoms with Crippen LogP contribution >= 0.6 is 24.0 Å². The average molecular weight is 429 g/mol. The number of halogens is 1. The quantitative estimate of drug-likeness (QED) is 0.213. The molecule has 3 N–H and O–H groups in total. The molecule has 1 fully saturated rings. The molecule has 0 spiro atoms. The van der Waals surface area contributed by atoms with E-state index in [0.717, 1.165) is 51.2 Å². The minimum Gasteiger partial charge on any atom is -0.388 e. The van der Waals surface area contributed by atoms with E-state index in [0.29, 0.717) is 26.4 Å². The Kier molecular flexibility index (Phi) is 13.3. The van der Waals surface area contributed by atoms with Gasteiger partial charge in [0.15, 0.2) is 5.96 Å². The van der Waals surface area contributed by atoms with Crippen molar-refractivity contribution >= 4 is 29.9 Å². The second kappa shape index (κ2) is 13.3. The number of aliphatic hydroxyl groups is 1. The van der Waals surface area contributed by atoms with Gasteiger partial charge in [0.1, 0.15) is 0 Å². The van der Waals surface area contributed by atoms with Crippen LogP contribution in [0.1, 0.15) is 39.0 Å². The molecule has 0 heterocycles. The van der Waals surface area contributed by atoms with Crippen LogP contribution in [-0.4, -0.2) is 63.2 Å². The SMILES string of the molecule is CCNC(=NCC1(O)CCCC1)NCCCOCCOC.I. The molecule has 0 unspecified atom stereocenters. The molecule has 1 aliphatic rings. The van der Waals surface area contributed by atoms with E-state index in [1.165, 1.54) is 0 Å². The first-order valence-electron chi connectivity index (χ1n) is 8.01. The van der Waals surface area contributed by atoms with Crippen LogP contribution in [0.3, 0.4) is 0 Å². The van der Waals surface area contributed by atoms with Crippen LogP contribution in [0, 0.1) is 0 Å². The van der Waals surface area contributed by atoms with Gasteiger partial charge in [0, 0.05) is 26.8 Å². The lowest BCUT2D eigenvalue weighted by molar-refractivity contribution is 0.0574. The highest BCUT2D eigenvalue weighted by Gasteiger charge is 2.30. The fraction of sp³-hybridized carbons (Fsp3) is 0.933. The molecule has 0 atom stereocenters. The van der Waals surface area contributed by atoms with Gasteiger partial charge in [-0.1, -0.05) is 12.8 Å². The summed E-state index contributed by atoms with van der Waals surface area (Å²) in [5.74, 6) is 0.773. The lowest BCUT2D eigenvalue weighted by Crippen LogP contribution is -2.40. The first-order chi connectivity index (χ1) is 10.2. The van der Waals surface area contributed by atoms with Gasteiger partial charge in [-0.25, -0.2) is 0 Å². The fourth-order valence-corrected chi connectivity index (χ4v) is 2.38. The zero-order valence-corrected chi connectivity index (χ0v) is 16.2. The van der Waals surface area contributed by atoms with Crippen molar-refractivity contribution in [1.29, 1.82) is 0 Å². The van der Waals surface area contributed by atoms with E-state index in [1.807, 2.05) is 6.92 Å². The maximum atomic E-state index is 10.3. The Balaban J connectivity index is 0.00000441. The van der Waals surface area contributed by atoms with E-state index < -0.39 is 5.60 Å². The van der Waals surface area contributed by atoms with Gasteiger partial charge in [-0.2, -0.15) is 0 Å². The van der Waals surface area contributed by atoms with Crippen molar-refractivity contribution in [2.45, 2.75) is 44.6 Å². The van der Waals surface area contributed by atoms with Crippen molar-refractivity contribution in [1.82, 2.24) is 10.6 Å². The summed E-state index contributed by atoms with van der Waals surface area (Å²) in [6.45, 7) is 6.11. The number of hydrogen-bond donors (Lipinski definition) is 3. The van der Waals surface area contributed by atoms with Gasteiger partial charge < -0.3 is 25.2 Å². The molecule has 0 saturated heterocycles. The molecule has 1 aliphatic carbocycles. The van der Waals surface area contributed by atoms with E-state index in [1.54, 1.807) is 7.11 Å². The van der Waals surface area contributed by atoms with Crippen LogP contribution in [0.4, 0.5) is 0 Å². The van der Waals surface area contributed by atoms with Crippen LogP contribution in [0.15, 0.2) is 4.99 Å². The Labute approximate surface area is 151 Å². The minimum atomic E-state index is -0.592. The molecular formula is C15H32IN3O3. The second-order valence-corrected chi connectivity index (χ2v) is 5.51. The first kappa shape index (κ1) is 21.9. The summed E-state index contributed by atoms with van der Waals surface area (Å²) in [7, 11) is 1.67. The molecule has 0 aromatic heterocycles. The molecule has 7 heteroatoms. The molecule has 0 radical (unpaired) electrons. The monoisotopic (exact) mass is 429 g/mol. The molecular weight excluding hydrogens is 397 g/mol. The minimum absolute atomic E-state index is 0. The number of nitrogens with one attached hydrogen (secondary N) is 2. The zero-order valence-electron chi connectivity index (χ0n) is 13.9. The van der Waals surface area contributed by atoms with Gasteiger partial charge in [-0.05, 0) is 26.2 Å². The zero-order chi connectivity index (χ0) is 15.4. The Hall–Kier alpha value is -0.120. The number of hydrogen-bond acceptors (Lipinski definition) is 4. The highest BCUT2D eigenvalue weighted by molar-refractivity contribution is 14.0. The van der Waals surface area contributed by atoms with E-state index in [-0.39, 0.29) is 24.0 Å². The molecule has 1 saturated carbocycles. The highest BCUT2D eigenvalue weighted by Crippen LogP contribution is 2.29. The number of nitrogens with zero attached hydrogens (tertiary/aromatic N) is 1. The highest BCUT2D eigenvalue weighted by atomic mass is 127. The van der Waals surface area contributed by atoms with Gasteiger partial charge in [0.05, 0.1) is 25.4 Å². The Morgan fingerprint density at radius 1 is 1.18 bits per heavy atom. The molecule has 6 nitrogen and oxygen atoms in total. The summed E-state index contributed by atoms with van der Waals surface area (Å²) >= 11 is 0. The predicted octanol–water partition coefficient (Wildman–Crippen LogP) is 1.52. The van der Waals surface area contributed by atoms with E-state index in [9.17, 15) is 5.11 Å². The predicted molar refractivity (Wildman–Crippen MR) is 100 cm³/mol. The Morgan fingerprint density at radius 2 is 1.91 bits per heavy atom. The maximum Gasteiger partial charge on any atom is 0.191 e. The normalized spacial score (nSPS) is 17.1. The lowest BCUT2D eigenvalue weighted by atomic mass is 10.0. The van der Waals surface area contributed by atoms with Crippen LogP contribution < -0.4 is 10.6 Å². The standard InChI is InChI=1S/C15H31N3O3.HI/c1-3-16-14(17-9-6-10-21-12-11-20-2)18-13-15(19)7-4-5-8-15;/h19H,3-13H2,1-2H3,(H2,16,17,18);1H. The van der Waals surface area contributed by atoms with Crippen molar-refractivity contribution in [3.63, 3.8) is 0 Å². The summed E-state index contributed by atoms with van der Waals surface area (Å²) in [4.78, 5) is 4.50. The summed E-state index contributed by atoms with van der Waals surface area (Å²) in [6.07, 6.45) is 4.86. The largest absolute Gasteiger partial charge is 0.388 e. The van der Waals surface area contributed by atoms with E-state index >= 15 is 0 Å². The molecule has 132 valence electrons. The fourth-order valence-electron chi connectivity index (χ4n) is 2.38. The number of methoxy groups -OCH3 is 1. The van der Waals surface area contributed by atoms with Gasteiger partial charge in [0.2, 0.25) is 0 Å². The molecule has 1 rings (SSSR count). The summed E-state index contributed by atoms with van der Waals surface area (Å²) in [5, 5.41) is 16.8. The smallest absolute Gasteiger partial charge is 0.191 e. The molecule has 22 heavy (non-hydrogen) atoms. The molecule has 0 aliphatic heterocycles. The topological polar surface area (TPSA) is 75.1 Å². The maximum absolute atomic E-state index is 10.3. The van der Waals surface area contributed by atoms with E-state index in [2.05, 4.69) is 15.6 Å². The molecule has 0 amide bonds. The Bertz CT molecular complexity index is 298. The molecule has 0 aromatic rings. The second-order valence-electron chi connectivity index (χ2n) is 5.51. The number of rotatable bonds is 10. The van der Waals surface area contributed by atoms with Crippen molar-refractivity contribution in [2.75, 3.05) is 46.6 Å². The van der Waals surface area contributed by atoms with Crippen LogP contribution in [0.5, 0.6) is 0 Å². The summed E-state index contributed by atoms with van der Waals surface area (Å²) < 4.78 is 10.3. The summed E-state index contributed by atoms with van der Waals surface area (Å²) in [6, 6.07) is 0. The van der Waals surface area contributed by atoms with Gasteiger partial charge in [-0.15, -0.1) is 24.0 Å². The van der Waals surface area contributed by atoms with Crippen LogP contribution in [-0.2, 0) is 9.47 Å². The lowest BCUT2D eigenvalue weighted by Gasteiger charge is -2.20. The van der Waals surface area contributed by atoms with Crippen LogP contribution in [0.25, 0.3) is 0 Å². The Morgan fingerprint density at radius 3 is 2.55 bits per heavy atom. The average Bonchev–Trinajstić information content (AvgIpc) is 2.91. The third-order valence-electron chi connectivity index (χ3n) is 3.60.